The van der Waals surface area contributed by atoms with Gasteiger partial charge in [0, 0.05) is 0 Å². The van der Waals surface area contributed by atoms with Crippen molar-refractivity contribution in [1.82, 2.24) is 0 Å². The molecule has 6 heteroatoms. The average molecular weight is 972 g/mol. The molecule has 62 heavy (non-hydrogen) atoms. The van der Waals surface area contributed by atoms with E-state index in [9.17, 15) is 17.0 Å². The molecule has 335 valence electrons. The summed E-state index contributed by atoms with van der Waals surface area (Å²) in [5, 5.41) is 0. The Hall–Kier alpha value is -2.36. The van der Waals surface area contributed by atoms with E-state index in [4.69, 9.17) is 9.47 Å². The Balaban J connectivity index is 1.84. The predicted octanol–water partition coefficient (Wildman–Crippen LogP) is 17.3. The van der Waals surface area contributed by atoms with Crippen LogP contribution in [0.1, 0.15) is 159 Å². The van der Waals surface area contributed by atoms with Gasteiger partial charge in [-0.05, 0) is 0 Å². The van der Waals surface area contributed by atoms with Crippen LogP contribution in [-0.2, 0) is 26.4 Å². The van der Waals surface area contributed by atoms with E-state index in [0.29, 0.717) is 0 Å². The van der Waals surface area contributed by atoms with E-state index >= 15 is 0 Å². The van der Waals surface area contributed by atoms with Gasteiger partial charge in [0.15, 0.2) is 0 Å². The van der Waals surface area contributed by atoms with Gasteiger partial charge in [0.2, 0.25) is 0 Å². The van der Waals surface area contributed by atoms with E-state index in [0.717, 1.165) is 24.3 Å². The molecule has 2 unspecified atom stereocenters. The Labute approximate surface area is 386 Å². The fraction of sp³-hybridized carbons (Fsp3) is 0.500. The van der Waals surface area contributed by atoms with Crippen LogP contribution in [0.25, 0.3) is 34.4 Å². The zero-order valence-corrected chi connectivity index (χ0v) is 47.1. The third-order valence-electron chi connectivity index (χ3n) is 13.4. The Morgan fingerprint density at radius 3 is 1.06 bits per heavy atom. The van der Waals surface area contributed by atoms with Crippen LogP contribution in [0, 0.1) is 38.5 Å². The standard InChI is InChI=1S/2C27H35O.C2H7Si.2ClH.Zr/c2*1-17-10-18(2)12-21(11-17)24-22-14-19(16-26(3,4)5)13-20(22)15-23(25(24)28-9)27(6,7)8;1-3-2;;;/h2*10-15H,16H2,1-9H3;3H,1-2H3;2*1H;/q;;;;;+2/p-2. The Morgan fingerprint density at radius 1 is 0.516 bits per heavy atom. The van der Waals surface area contributed by atoms with Crippen molar-refractivity contribution in [1.29, 1.82) is 0 Å². The summed E-state index contributed by atoms with van der Waals surface area (Å²) in [7, 11) is 22.3. The first-order valence-corrected chi connectivity index (χ1v) is 39.3. The van der Waals surface area contributed by atoms with E-state index in [1.807, 2.05) is 14.2 Å². The van der Waals surface area contributed by atoms with Crippen LogP contribution in [0.2, 0.25) is 13.1 Å². The summed E-state index contributed by atoms with van der Waals surface area (Å²) >= 11 is -5.37. The molecule has 2 aliphatic carbocycles. The number of methoxy groups -OCH3 is 2. The van der Waals surface area contributed by atoms with Gasteiger partial charge in [0.25, 0.3) is 0 Å². The maximum atomic E-state index is 9.32. The summed E-state index contributed by atoms with van der Waals surface area (Å²) in [6.45, 7) is 41.9. The molecule has 0 bridgehead atoms. The molecule has 2 nitrogen and oxygen atoms in total. The van der Waals surface area contributed by atoms with Gasteiger partial charge < -0.3 is 0 Å². The van der Waals surface area contributed by atoms with Gasteiger partial charge >= 0.3 is 389 Å². The topological polar surface area (TPSA) is 18.5 Å². The number of benzene rings is 4. The van der Waals surface area contributed by atoms with Crippen LogP contribution in [0.5, 0.6) is 11.5 Å². The predicted molar refractivity (Wildman–Crippen MR) is 273 cm³/mol. The molecule has 4 aromatic carbocycles. The first kappa shape index (κ1) is 49.1. The molecule has 2 atom stereocenters. The second-order valence-electron chi connectivity index (χ2n) is 24.1. The van der Waals surface area contributed by atoms with E-state index in [1.54, 1.807) is 0 Å². The van der Waals surface area contributed by atoms with Crippen molar-refractivity contribution in [3.63, 3.8) is 0 Å². The minimum atomic E-state index is -5.37. The van der Waals surface area contributed by atoms with Crippen LogP contribution >= 0.6 is 17.0 Å². The van der Waals surface area contributed by atoms with Crippen LogP contribution in [0.15, 0.2) is 59.7 Å². The number of ether oxygens (including phenoxy) is 2. The van der Waals surface area contributed by atoms with Gasteiger partial charge in [0.05, 0.1) is 0 Å². The summed E-state index contributed by atoms with van der Waals surface area (Å²) in [6.07, 6.45) is 6.86. The SMILES string of the molecule is COc1c(C(C)(C)C)cc2c(c1-c1cc(C)cc(C)c1)C=C(CC(C)(C)C)[CH]2[Zr]([Cl])([Cl])([CH]1C(CC(C)(C)C)=Cc2c1cc(C(C)(C)C)c(OC)c2-c1cc(C)cc(C)c1)[SiH](C)C. The number of fused-ring (bicyclic) bond motifs is 2. The molecular weight excluding hydrogens is 895 g/mol. The number of allylic oxidation sites excluding steroid dienone is 2. The molecule has 0 spiro atoms. The molecule has 2 aliphatic rings. The summed E-state index contributed by atoms with van der Waals surface area (Å²) in [5.41, 5.74) is 19.5. The van der Waals surface area contributed by atoms with Crippen molar-refractivity contribution < 1.29 is 25.0 Å². The minimum absolute atomic E-state index is 0.000808. The fourth-order valence-corrected chi connectivity index (χ4v) is 42.4. The maximum absolute atomic E-state index is 9.32. The van der Waals surface area contributed by atoms with Crippen molar-refractivity contribution >= 4 is 35.1 Å². The number of aryl methyl sites for hydroxylation is 4. The number of hydrogen-bond donors (Lipinski definition) is 0. The molecule has 0 saturated carbocycles. The molecular formula is C56H77Cl2O2SiZr. The normalized spacial score (nSPS) is 17.7. The van der Waals surface area contributed by atoms with Gasteiger partial charge in [-0.3, -0.25) is 0 Å². The molecule has 0 saturated heterocycles. The van der Waals surface area contributed by atoms with E-state index < -0.39 is 21.5 Å². The van der Waals surface area contributed by atoms with Crippen LogP contribution in [0.4, 0.5) is 0 Å². The van der Waals surface area contributed by atoms with Crippen LogP contribution < -0.4 is 9.47 Å². The fourth-order valence-electron chi connectivity index (χ4n) is 11.1. The first-order valence-electron chi connectivity index (χ1n) is 23.0. The van der Waals surface area contributed by atoms with Crippen molar-refractivity contribution in [3.8, 4) is 33.8 Å². The zero-order valence-electron chi connectivity index (χ0n) is 42.0. The summed E-state index contributed by atoms with van der Waals surface area (Å²) in [5.74, 6) is -0.0170. The third-order valence-corrected chi connectivity index (χ3v) is 65.3. The molecule has 0 radical (unpaired) electrons. The monoisotopic (exact) mass is 969 g/mol. The second-order valence-corrected chi connectivity index (χ2v) is 66.6. The van der Waals surface area contributed by atoms with Crippen molar-refractivity contribution in [2.24, 2.45) is 10.8 Å². The molecule has 0 aliphatic heterocycles. The van der Waals surface area contributed by atoms with Gasteiger partial charge in [-0.1, -0.05) is 0 Å². The van der Waals surface area contributed by atoms with Crippen molar-refractivity contribution in [3.05, 3.63) is 115 Å². The summed E-state index contributed by atoms with van der Waals surface area (Å²) in [4.78, 5) is 0. The molecule has 0 aromatic heterocycles. The average Bonchev–Trinajstić information content (AvgIpc) is 3.64. The number of halogens is 2. The van der Waals surface area contributed by atoms with E-state index in [1.165, 1.54) is 89.0 Å². The molecule has 0 N–H and O–H groups in total. The Bertz CT molecular complexity index is 2290. The zero-order chi connectivity index (χ0) is 46.5. The van der Waals surface area contributed by atoms with Gasteiger partial charge in [0.1, 0.15) is 0 Å². The van der Waals surface area contributed by atoms with Crippen molar-refractivity contribution in [2.75, 3.05) is 14.2 Å². The van der Waals surface area contributed by atoms with Crippen LogP contribution in [-0.4, -0.2) is 20.1 Å². The van der Waals surface area contributed by atoms with Gasteiger partial charge in [-0.2, -0.15) is 0 Å². The first-order chi connectivity index (χ1) is 28.3. The Morgan fingerprint density at radius 2 is 0.823 bits per heavy atom. The van der Waals surface area contributed by atoms with Crippen molar-refractivity contribution in [2.45, 2.75) is 155 Å². The molecule has 6 rings (SSSR count). The van der Waals surface area contributed by atoms with Gasteiger partial charge in [-0.25, -0.2) is 0 Å². The van der Waals surface area contributed by atoms with Crippen LogP contribution in [0.3, 0.4) is 0 Å². The summed E-state index contributed by atoms with van der Waals surface area (Å²) < 4.78 is 13.0. The molecule has 0 fully saturated rings. The van der Waals surface area contributed by atoms with Gasteiger partial charge in [-0.15, -0.1) is 0 Å². The number of rotatable bonds is 9. The molecule has 0 amide bonds. The van der Waals surface area contributed by atoms with E-state index in [2.05, 4.69) is 185 Å². The quantitative estimate of drug-likeness (QED) is 0.156. The molecule has 4 aromatic rings. The van der Waals surface area contributed by atoms with E-state index in [-0.39, 0.29) is 28.9 Å². The number of hydrogen-bond acceptors (Lipinski definition) is 2. The second kappa shape index (κ2) is 16.5. The third kappa shape index (κ3) is 8.96. The Kier molecular flexibility index (Phi) is 13.1. The summed E-state index contributed by atoms with van der Waals surface area (Å²) in [6, 6.07) is 18.8. The molecule has 0 heterocycles.